The zero-order valence-corrected chi connectivity index (χ0v) is 7.79. The third-order valence-corrected chi connectivity index (χ3v) is 1.92. The summed E-state index contributed by atoms with van der Waals surface area (Å²) in [6, 6.07) is 5.14. The number of methoxy groups -OCH3 is 1. The molecule has 1 aromatic carbocycles. The highest BCUT2D eigenvalue weighted by Crippen LogP contribution is 2.24. The van der Waals surface area contributed by atoms with Crippen molar-refractivity contribution in [3.05, 3.63) is 23.8 Å². The molecule has 0 saturated heterocycles. The number of nitrogens with two attached hydrogens (primary N) is 1. The first kappa shape index (κ1) is 9.86. The highest BCUT2D eigenvalue weighted by molar-refractivity contribution is 5.40. The Morgan fingerprint density at radius 2 is 2.23 bits per heavy atom. The maximum Gasteiger partial charge on any atom is 0.125 e. The highest BCUT2D eigenvalue weighted by Gasteiger charge is 2.02. The summed E-state index contributed by atoms with van der Waals surface area (Å²) in [6.07, 6.45) is 1.82. The molecule has 0 unspecified atom stereocenters. The maximum absolute atomic E-state index is 9.19. The van der Waals surface area contributed by atoms with Gasteiger partial charge in [0.25, 0.3) is 0 Å². The molecule has 0 saturated carbocycles. The van der Waals surface area contributed by atoms with Crippen molar-refractivity contribution in [1.82, 2.24) is 0 Å². The van der Waals surface area contributed by atoms with E-state index in [0.29, 0.717) is 6.54 Å². The SMILES string of the molecule is COc1cc(O)ccc1CCCN. The van der Waals surface area contributed by atoms with E-state index in [1.807, 2.05) is 6.07 Å². The fourth-order valence-corrected chi connectivity index (χ4v) is 1.23. The van der Waals surface area contributed by atoms with Gasteiger partial charge >= 0.3 is 0 Å². The molecule has 0 spiro atoms. The lowest BCUT2D eigenvalue weighted by atomic mass is 10.1. The van der Waals surface area contributed by atoms with E-state index >= 15 is 0 Å². The van der Waals surface area contributed by atoms with Crippen molar-refractivity contribution in [1.29, 1.82) is 0 Å². The van der Waals surface area contributed by atoms with Gasteiger partial charge in [0.2, 0.25) is 0 Å². The molecule has 1 aromatic rings. The molecular weight excluding hydrogens is 166 g/mol. The van der Waals surface area contributed by atoms with E-state index in [0.717, 1.165) is 24.2 Å². The van der Waals surface area contributed by atoms with Crippen molar-refractivity contribution in [2.75, 3.05) is 13.7 Å². The van der Waals surface area contributed by atoms with Crippen molar-refractivity contribution in [2.24, 2.45) is 5.73 Å². The number of rotatable bonds is 4. The molecule has 13 heavy (non-hydrogen) atoms. The minimum absolute atomic E-state index is 0.230. The highest BCUT2D eigenvalue weighted by atomic mass is 16.5. The van der Waals surface area contributed by atoms with Crippen molar-refractivity contribution in [3.63, 3.8) is 0 Å². The second-order valence-corrected chi connectivity index (χ2v) is 2.89. The molecule has 0 radical (unpaired) electrons. The normalized spacial score (nSPS) is 10.0. The van der Waals surface area contributed by atoms with E-state index in [4.69, 9.17) is 10.5 Å². The van der Waals surface area contributed by atoms with Crippen LogP contribution in [-0.2, 0) is 6.42 Å². The van der Waals surface area contributed by atoms with Crippen LogP contribution in [0.1, 0.15) is 12.0 Å². The second-order valence-electron chi connectivity index (χ2n) is 2.89. The predicted molar refractivity (Wildman–Crippen MR) is 52.0 cm³/mol. The van der Waals surface area contributed by atoms with Gasteiger partial charge in [-0.15, -0.1) is 0 Å². The summed E-state index contributed by atoms with van der Waals surface area (Å²) in [4.78, 5) is 0. The Bertz CT molecular complexity index is 274. The number of phenols is 1. The number of benzene rings is 1. The first-order valence-corrected chi connectivity index (χ1v) is 4.34. The molecule has 3 heteroatoms. The van der Waals surface area contributed by atoms with Gasteiger partial charge in [0.1, 0.15) is 11.5 Å². The summed E-state index contributed by atoms with van der Waals surface area (Å²) in [6.45, 7) is 0.671. The smallest absolute Gasteiger partial charge is 0.125 e. The van der Waals surface area contributed by atoms with Gasteiger partial charge in [-0.3, -0.25) is 0 Å². The van der Waals surface area contributed by atoms with Crippen LogP contribution < -0.4 is 10.5 Å². The Morgan fingerprint density at radius 1 is 1.46 bits per heavy atom. The van der Waals surface area contributed by atoms with Crippen LogP contribution in [0.25, 0.3) is 0 Å². The monoisotopic (exact) mass is 181 g/mol. The van der Waals surface area contributed by atoms with Crippen molar-refractivity contribution in [2.45, 2.75) is 12.8 Å². The van der Waals surface area contributed by atoms with Gasteiger partial charge < -0.3 is 15.6 Å². The van der Waals surface area contributed by atoms with E-state index in [-0.39, 0.29) is 5.75 Å². The minimum atomic E-state index is 0.230. The van der Waals surface area contributed by atoms with Gasteiger partial charge in [-0.05, 0) is 31.0 Å². The molecule has 0 aliphatic carbocycles. The Morgan fingerprint density at radius 3 is 2.85 bits per heavy atom. The zero-order valence-electron chi connectivity index (χ0n) is 7.79. The molecule has 0 fully saturated rings. The Balaban J connectivity index is 2.79. The minimum Gasteiger partial charge on any atom is -0.508 e. The van der Waals surface area contributed by atoms with Gasteiger partial charge in [-0.1, -0.05) is 6.07 Å². The lowest BCUT2D eigenvalue weighted by Crippen LogP contribution is -2.01. The molecule has 1 rings (SSSR count). The lowest BCUT2D eigenvalue weighted by Gasteiger charge is -2.07. The van der Waals surface area contributed by atoms with Gasteiger partial charge in [-0.25, -0.2) is 0 Å². The molecule has 0 aromatic heterocycles. The molecule has 0 amide bonds. The quantitative estimate of drug-likeness (QED) is 0.736. The standard InChI is InChI=1S/C10H15NO2/c1-13-10-7-9(12)5-4-8(10)3-2-6-11/h4-5,7,12H,2-3,6,11H2,1H3. The lowest BCUT2D eigenvalue weighted by molar-refractivity contribution is 0.402. The van der Waals surface area contributed by atoms with Crippen molar-refractivity contribution in [3.8, 4) is 11.5 Å². The molecule has 0 bridgehead atoms. The number of phenolic OH excluding ortho intramolecular Hbond substituents is 1. The van der Waals surface area contributed by atoms with Crippen LogP contribution >= 0.6 is 0 Å². The molecule has 3 nitrogen and oxygen atoms in total. The van der Waals surface area contributed by atoms with Crippen LogP contribution in [0.4, 0.5) is 0 Å². The Labute approximate surface area is 78.1 Å². The van der Waals surface area contributed by atoms with E-state index in [1.54, 1.807) is 19.2 Å². The van der Waals surface area contributed by atoms with Crippen LogP contribution in [0, 0.1) is 0 Å². The average molecular weight is 181 g/mol. The second kappa shape index (κ2) is 4.72. The molecule has 0 heterocycles. The topological polar surface area (TPSA) is 55.5 Å². The van der Waals surface area contributed by atoms with Crippen LogP contribution in [0.5, 0.6) is 11.5 Å². The molecule has 3 N–H and O–H groups in total. The predicted octanol–water partition coefficient (Wildman–Crippen LogP) is 1.29. The summed E-state index contributed by atoms with van der Waals surface area (Å²) >= 11 is 0. The maximum atomic E-state index is 9.19. The third-order valence-electron chi connectivity index (χ3n) is 1.92. The zero-order chi connectivity index (χ0) is 9.68. The summed E-state index contributed by atoms with van der Waals surface area (Å²) < 4.78 is 5.12. The summed E-state index contributed by atoms with van der Waals surface area (Å²) in [7, 11) is 1.60. The van der Waals surface area contributed by atoms with Gasteiger partial charge in [0.15, 0.2) is 0 Å². The first-order valence-electron chi connectivity index (χ1n) is 4.34. The van der Waals surface area contributed by atoms with E-state index < -0.39 is 0 Å². The Hall–Kier alpha value is -1.22. The van der Waals surface area contributed by atoms with Gasteiger partial charge in [0.05, 0.1) is 7.11 Å². The van der Waals surface area contributed by atoms with Crippen molar-refractivity contribution >= 4 is 0 Å². The molecule has 0 atom stereocenters. The first-order chi connectivity index (χ1) is 6.27. The molecule has 72 valence electrons. The van der Waals surface area contributed by atoms with Crippen molar-refractivity contribution < 1.29 is 9.84 Å². The fourth-order valence-electron chi connectivity index (χ4n) is 1.23. The summed E-state index contributed by atoms with van der Waals surface area (Å²) in [5, 5.41) is 9.19. The van der Waals surface area contributed by atoms with Crippen LogP contribution in [0.2, 0.25) is 0 Å². The van der Waals surface area contributed by atoms with Gasteiger partial charge in [-0.2, -0.15) is 0 Å². The van der Waals surface area contributed by atoms with E-state index in [1.165, 1.54) is 0 Å². The Kier molecular flexibility index (Phi) is 3.58. The number of hydrogen-bond acceptors (Lipinski definition) is 3. The third kappa shape index (κ3) is 2.63. The van der Waals surface area contributed by atoms with Gasteiger partial charge in [0, 0.05) is 6.07 Å². The van der Waals surface area contributed by atoms with Crippen LogP contribution in [0.3, 0.4) is 0 Å². The van der Waals surface area contributed by atoms with E-state index in [9.17, 15) is 5.11 Å². The molecule has 0 aliphatic rings. The number of hydrogen-bond donors (Lipinski definition) is 2. The molecular formula is C10H15NO2. The van der Waals surface area contributed by atoms with Crippen LogP contribution in [0.15, 0.2) is 18.2 Å². The van der Waals surface area contributed by atoms with Crippen LogP contribution in [-0.4, -0.2) is 18.8 Å². The number of aryl methyl sites for hydroxylation is 1. The number of aromatic hydroxyl groups is 1. The fraction of sp³-hybridized carbons (Fsp3) is 0.400. The van der Waals surface area contributed by atoms with E-state index in [2.05, 4.69) is 0 Å². The summed E-state index contributed by atoms with van der Waals surface area (Å²) in [5.41, 5.74) is 6.50. The molecule has 0 aliphatic heterocycles. The number of ether oxygens (including phenoxy) is 1. The average Bonchev–Trinajstić information content (AvgIpc) is 2.16. The summed E-state index contributed by atoms with van der Waals surface area (Å²) in [5.74, 6) is 0.960. The largest absolute Gasteiger partial charge is 0.508 e.